The van der Waals surface area contributed by atoms with Crippen molar-refractivity contribution in [3.05, 3.63) is 42.4 Å². The Morgan fingerprint density at radius 2 is 2.04 bits per heavy atom. The summed E-state index contributed by atoms with van der Waals surface area (Å²) in [6.07, 6.45) is 4.60. The predicted octanol–water partition coefficient (Wildman–Crippen LogP) is 4.15. The van der Waals surface area contributed by atoms with Gasteiger partial charge in [-0.1, -0.05) is 26.0 Å². The number of anilines is 1. The van der Waals surface area contributed by atoms with Gasteiger partial charge in [0.05, 0.1) is 5.69 Å². The van der Waals surface area contributed by atoms with Crippen molar-refractivity contribution in [2.45, 2.75) is 40.0 Å². The van der Waals surface area contributed by atoms with E-state index in [4.69, 9.17) is 0 Å². The van der Waals surface area contributed by atoms with E-state index in [1.807, 2.05) is 17.9 Å². The van der Waals surface area contributed by atoms with E-state index in [1.165, 1.54) is 0 Å². The molecule has 0 atom stereocenters. The first-order chi connectivity index (χ1) is 13.0. The number of piperidine rings is 1. The minimum atomic E-state index is 0.309. The minimum Gasteiger partial charge on any atom is -0.385 e. The van der Waals surface area contributed by atoms with Crippen molar-refractivity contribution in [2.24, 2.45) is 11.8 Å². The first-order valence-corrected chi connectivity index (χ1v) is 9.93. The molecule has 1 aromatic carbocycles. The number of hydrogen-bond acceptors (Lipinski definition) is 4. The molecule has 1 saturated heterocycles. The molecule has 144 valence electrons. The van der Waals surface area contributed by atoms with E-state index in [2.05, 4.69) is 53.4 Å². The summed E-state index contributed by atoms with van der Waals surface area (Å²) < 4.78 is 0. The average Bonchev–Trinajstić information content (AvgIpc) is 2.66. The van der Waals surface area contributed by atoms with Crippen LogP contribution in [0.5, 0.6) is 0 Å². The van der Waals surface area contributed by atoms with Crippen LogP contribution in [0.2, 0.25) is 0 Å². The standard InChI is InChI=1S/C22H30N4O/c1-16(2)13-22(27)26-11-8-18(9-12-26)15-24-20-6-4-5-19(14-20)21-7-10-23-17(3)25-21/h4-7,10,14,16,18,24H,8-9,11-13,15H2,1-3H3. The van der Waals surface area contributed by atoms with Crippen LogP contribution in [0.4, 0.5) is 5.69 Å². The number of nitrogens with zero attached hydrogens (tertiary/aromatic N) is 3. The highest BCUT2D eigenvalue weighted by Gasteiger charge is 2.22. The van der Waals surface area contributed by atoms with Gasteiger partial charge in [0.25, 0.3) is 0 Å². The molecular weight excluding hydrogens is 336 g/mol. The van der Waals surface area contributed by atoms with Crippen LogP contribution in [-0.2, 0) is 4.79 Å². The van der Waals surface area contributed by atoms with Crippen LogP contribution < -0.4 is 5.32 Å². The van der Waals surface area contributed by atoms with E-state index in [-0.39, 0.29) is 0 Å². The van der Waals surface area contributed by atoms with Gasteiger partial charge < -0.3 is 10.2 Å². The van der Waals surface area contributed by atoms with Crippen molar-refractivity contribution in [2.75, 3.05) is 25.0 Å². The molecule has 3 rings (SSSR count). The third kappa shape index (κ3) is 5.52. The number of carbonyl (C=O) groups excluding carboxylic acids is 1. The second-order valence-electron chi connectivity index (χ2n) is 7.87. The number of hydrogen-bond donors (Lipinski definition) is 1. The number of likely N-dealkylation sites (tertiary alicyclic amines) is 1. The lowest BCUT2D eigenvalue weighted by molar-refractivity contribution is -0.133. The smallest absolute Gasteiger partial charge is 0.222 e. The average molecular weight is 367 g/mol. The van der Waals surface area contributed by atoms with Crippen molar-refractivity contribution in [1.29, 1.82) is 0 Å². The maximum absolute atomic E-state index is 12.2. The number of benzene rings is 1. The normalized spacial score (nSPS) is 15.2. The number of rotatable bonds is 6. The van der Waals surface area contributed by atoms with Gasteiger partial charge in [0.1, 0.15) is 5.82 Å². The quantitative estimate of drug-likeness (QED) is 0.834. The SMILES string of the molecule is Cc1nccc(-c2cccc(NCC3CCN(C(=O)CC(C)C)CC3)c2)n1. The van der Waals surface area contributed by atoms with Crippen LogP contribution in [0, 0.1) is 18.8 Å². The number of amides is 1. The fraction of sp³-hybridized carbons (Fsp3) is 0.500. The Bertz CT molecular complexity index is 766. The van der Waals surface area contributed by atoms with Crippen molar-refractivity contribution < 1.29 is 4.79 Å². The first kappa shape index (κ1) is 19.3. The summed E-state index contributed by atoms with van der Waals surface area (Å²) in [5.41, 5.74) is 3.16. The minimum absolute atomic E-state index is 0.309. The Balaban J connectivity index is 1.51. The Morgan fingerprint density at radius 3 is 2.74 bits per heavy atom. The van der Waals surface area contributed by atoms with Crippen LogP contribution in [0.1, 0.15) is 38.9 Å². The van der Waals surface area contributed by atoms with Crippen LogP contribution >= 0.6 is 0 Å². The van der Waals surface area contributed by atoms with Crippen LogP contribution in [0.25, 0.3) is 11.3 Å². The molecule has 0 unspecified atom stereocenters. The van der Waals surface area contributed by atoms with Crippen LogP contribution in [-0.4, -0.2) is 40.4 Å². The number of aryl methyl sites for hydroxylation is 1. The van der Waals surface area contributed by atoms with Gasteiger partial charge in [-0.2, -0.15) is 0 Å². The third-order valence-electron chi connectivity index (χ3n) is 5.08. The molecule has 1 amide bonds. The van der Waals surface area contributed by atoms with Gasteiger partial charge in [-0.3, -0.25) is 4.79 Å². The zero-order valence-electron chi connectivity index (χ0n) is 16.6. The maximum Gasteiger partial charge on any atom is 0.222 e. The Morgan fingerprint density at radius 1 is 1.26 bits per heavy atom. The van der Waals surface area contributed by atoms with E-state index in [0.717, 1.165) is 55.2 Å². The van der Waals surface area contributed by atoms with Gasteiger partial charge in [-0.25, -0.2) is 9.97 Å². The third-order valence-corrected chi connectivity index (χ3v) is 5.08. The first-order valence-electron chi connectivity index (χ1n) is 9.93. The molecule has 1 aliphatic rings. The molecule has 0 spiro atoms. The molecule has 2 heterocycles. The predicted molar refractivity (Wildman–Crippen MR) is 109 cm³/mol. The summed E-state index contributed by atoms with van der Waals surface area (Å²) in [5, 5.41) is 3.57. The zero-order valence-corrected chi connectivity index (χ0v) is 16.6. The molecular formula is C22H30N4O. The highest BCUT2D eigenvalue weighted by atomic mass is 16.2. The molecule has 1 aliphatic heterocycles. The lowest BCUT2D eigenvalue weighted by atomic mass is 9.96. The maximum atomic E-state index is 12.2. The number of nitrogens with one attached hydrogen (secondary N) is 1. The summed E-state index contributed by atoms with van der Waals surface area (Å²) in [7, 11) is 0. The van der Waals surface area contributed by atoms with E-state index in [0.29, 0.717) is 24.2 Å². The van der Waals surface area contributed by atoms with Crippen molar-refractivity contribution in [3.63, 3.8) is 0 Å². The zero-order chi connectivity index (χ0) is 19.2. The van der Waals surface area contributed by atoms with Gasteiger partial charge in [-0.15, -0.1) is 0 Å². The Labute approximate surface area is 162 Å². The summed E-state index contributed by atoms with van der Waals surface area (Å²) in [6, 6.07) is 10.3. The molecule has 2 aromatic rings. The van der Waals surface area contributed by atoms with Crippen LogP contribution in [0.3, 0.4) is 0 Å². The van der Waals surface area contributed by atoms with E-state index < -0.39 is 0 Å². The lowest BCUT2D eigenvalue weighted by Gasteiger charge is -2.32. The Kier molecular flexibility index (Phi) is 6.43. The summed E-state index contributed by atoms with van der Waals surface area (Å²) in [6.45, 7) is 8.83. The number of carbonyl (C=O) groups is 1. The molecule has 27 heavy (non-hydrogen) atoms. The molecule has 5 heteroatoms. The van der Waals surface area contributed by atoms with Crippen molar-refractivity contribution in [1.82, 2.24) is 14.9 Å². The molecule has 0 saturated carbocycles. The monoisotopic (exact) mass is 366 g/mol. The summed E-state index contributed by atoms with van der Waals surface area (Å²) in [4.78, 5) is 22.9. The van der Waals surface area contributed by atoms with Crippen LogP contribution in [0.15, 0.2) is 36.5 Å². The van der Waals surface area contributed by atoms with Gasteiger partial charge in [0.2, 0.25) is 5.91 Å². The molecule has 1 fully saturated rings. The molecule has 0 radical (unpaired) electrons. The fourth-order valence-electron chi connectivity index (χ4n) is 3.53. The van der Waals surface area contributed by atoms with Gasteiger partial charge in [-0.05, 0) is 49.8 Å². The lowest BCUT2D eigenvalue weighted by Crippen LogP contribution is -2.40. The highest BCUT2D eigenvalue weighted by Crippen LogP contribution is 2.23. The van der Waals surface area contributed by atoms with Gasteiger partial charge >= 0.3 is 0 Å². The second-order valence-corrected chi connectivity index (χ2v) is 7.87. The molecule has 1 N–H and O–H groups in total. The molecule has 5 nitrogen and oxygen atoms in total. The second kappa shape index (κ2) is 8.98. The molecule has 0 bridgehead atoms. The van der Waals surface area contributed by atoms with E-state index >= 15 is 0 Å². The summed E-state index contributed by atoms with van der Waals surface area (Å²) in [5.74, 6) is 2.13. The molecule has 0 aliphatic carbocycles. The number of aromatic nitrogens is 2. The summed E-state index contributed by atoms with van der Waals surface area (Å²) >= 11 is 0. The Hall–Kier alpha value is -2.43. The van der Waals surface area contributed by atoms with Crippen molar-refractivity contribution in [3.8, 4) is 11.3 Å². The van der Waals surface area contributed by atoms with Gasteiger partial charge in [0, 0.05) is 43.5 Å². The highest BCUT2D eigenvalue weighted by molar-refractivity contribution is 5.76. The van der Waals surface area contributed by atoms with E-state index in [9.17, 15) is 4.79 Å². The fourth-order valence-corrected chi connectivity index (χ4v) is 3.53. The van der Waals surface area contributed by atoms with Crippen molar-refractivity contribution >= 4 is 11.6 Å². The van der Waals surface area contributed by atoms with E-state index in [1.54, 1.807) is 6.20 Å². The largest absolute Gasteiger partial charge is 0.385 e. The molecule has 1 aromatic heterocycles. The van der Waals surface area contributed by atoms with Gasteiger partial charge in [0.15, 0.2) is 0 Å². The topological polar surface area (TPSA) is 58.1 Å².